The summed E-state index contributed by atoms with van der Waals surface area (Å²) in [6.45, 7) is 3.43. The third kappa shape index (κ3) is 3.76. The van der Waals surface area contributed by atoms with Crippen LogP contribution in [0, 0.1) is 10.1 Å². The van der Waals surface area contributed by atoms with Crippen LogP contribution in [0.3, 0.4) is 0 Å². The van der Waals surface area contributed by atoms with Crippen LogP contribution >= 0.6 is 0 Å². The Morgan fingerprint density at radius 3 is 2.84 bits per heavy atom. The zero-order valence-corrected chi connectivity index (χ0v) is 10.5. The third-order valence-electron chi connectivity index (χ3n) is 3.00. The van der Waals surface area contributed by atoms with E-state index in [2.05, 4.69) is 15.3 Å². The second-order valence-electron chi connectivity index (χ2n) is 4.35. The number of likely N-dealkylation sites (tertiary alicyclic amines) is 1. The van der Waals surface area contributed by atoms with Crippen LogP contribution in [0.4, 0.5) is 11.5 Å². The minimum absolute atomic E-state index is 0.0980. The molecule has 0 unspecified atom stereocenters. The van der Waals surface area contributed by atoms with Gasteiger partial charge in [0.05, 0.1) is 17.1 Å². The number of hydrazine groups is 1. The molecule has 2 rings (SSSR count). The first-order valence-corrected chi connectivity index (χ1v) is 6.17. The Morgan fingerprint density at radius 2 is 2.21 bits per heavy atom. The van der Waals surface area contributed by atoms with Gasteiger partial charge in [-0.25, -0.2) is 5.84 Å². The number of hydrogen-bond donors (Lipinski definition) is 2. The molecule has 0 saturated carbocycles. The van der Waals surface area contributed by atoms with E-state index in [0.717, 1.165) is 19.6 Å². The SMILES string of the molecule is NNc1cc([N+](=O)[O-])cc(OCCN2CCCC2)n1. The maximum atomic E-state index is 10.7. The average molecular weight is 267 g/mol. The largest absolute Gasteiger partial charge is 0.476 e. The van der Waals surface area contributed by atoms with Gasteiger partial charge in [-0.3, -0.25) is 15.0 Å². The number of nitrogens with two attached hydrogens (primary N) is 1. The summed E-state index contributed by atoms with van der Waals surface area (Å²) in [6.07, 6.45) is 2.44. The summed E-state index contributed by atoms with van der Waals surface area (Å²) in [5.74, 6) is 5.64. The van der Waals surface area contributed by atoms with E-state index in [9.17, 15) is 10.1 Å². The van der Waals surface area contributed by atoms with E-state index in [1.807, 2.05) is 0 Å². The maximum absolute atomic E-state index is 10.7. The van der Waals surface area contributed by atoms with Crippen LogP contribution < -0.4 is 16.0 Å². The topological polar surface area (TPSA) is 107 Å². The molecule has 104 valence electrons. The highest BCUT2D eigenvalue weighted by Gasteiger charge is 2.13. The Labute approximate surface area is 110 Å². The van der Waals surface area contributed by atoms with Gasteiger partial charge in [0.15, 0.2) is 5.82 Å². The monoisotopic (exact) mass is 267 g/mol. The lowest BCUT2D eigenvalue weighted by Crippen LogP contribution is -2.25. The number of pyridine rings is 1. The zero-order chi connectivity index (χ0) is 13.7. The molecule has 1 fully saturated rings. The normalized spacial score (nSPS) is 15.4. The second kappa shape index (κ2) is 6.30. The number of nitrogens with zero attached hydrogens (tertiary/aromatic N) is 3. The Bertz CT molecular complexity index is 448. The minimum atomic E-state index is -0.504. The van der Waals surface area contributed by atoms with E-state index in [4.69, 9.17) is 10.6 Å². The third-order valence-corrected chi connectivity index (χ3v) is 3.00. The number of anilines is 1. The summed E-state index contributed by atoms with van der Waals surface area (Å²) in [7, 11) is 0. The number of ether oxygens (including phenoxy) is 1. The van der Waals surface area contributed by atoms with E-state index in [1.165, 1.54) is 25.0 Å². The maximum Gasteiger partial charge on any atom is 0.278 e. The van der Waals surface area contributed by atoms with Gasteiger partial charge in [-0.05, 0) is 25.9 Å². The number of nitrogens with one attached hydrogen (secondary N) is 1. The fourth-order valence-corrected chi connectivity index (χ4v) is 2.03. The summed E-state index contributed by atoms with van der Waals surface area (Å²) < 4.78 is 5.45. The van der Waals surface area contributed by atoms with Gasteiger partial charge in [0, 0.05) is 6.54 Å². The van der Waals surface area contributed by atoms with Gasteiger partial charge >= 0.3 is 0 Å². The predicted octanol–water partition coefficient (Wildman–Crippen LogP) is 0.750. The molecule has 0 aliphatic carbocycles. The van der Waals surface area contributed by atoms with Crippen molar-refractivity contribution in [3.63, 3.8) is 0 Å². The predicted molar refractivity (Wildman–Crippen MR) is 69.9 cm³/mol. The van der Waals surface area contributed by atoms with E-state index < -0.39 is 4.92 Å². The van der Waals surface area contributed by atoms with Crippen LogP contribution in [0.15, 0.2) is 12.1 Å². The second-order valence-corrected chi connectivity index (χ2v) is 4.35. The molecule has 19 heavy (non-hydrogen) atoms. The van der Waals surface area contributed by atoms with Crippen molar-refractivity contribution in [2.45, 2.75) is 12.8 Å². The number of aromatic nitrogens is 1. The molecule has 1 saturated heterocycles. The lowest BCUT2D eigenvalue weighted by atomic mass is 10.4. The smallest absolute Gasteiger partial charge is 0.278 e. The number of nitrogen functional groups attached to an aromatic ring is 1. The molecule has 0 aromatic carbocycles. The standard InChI is InChI=1S/C11H17N5O3/c12-14-10-7-9(16(17)18)8-11(13-10)19-6-5-15-3-1-2-4-15/h7-8H,1-6,12H2,(H,13,14). The Morgan fingerprint density at radius 1 is 1.47 bits per heavy atom. The van der Waals surface area contributed by atoms with Crippen molar-refractivity contribution in [2.75, 3.05) is 31.7 Å². The summed E-state index contributed by atoms with van der Waals surface area (Å²) in [5, 5.41) is 10.7. The first-order chi connectivity index (χ1) is 9.19. The van der Waals surface area contributed by atoms with Gasteiger partial charge in [0.1, 0.15) is 6.61 Å². The van der Waals surface area contributed by atoms with Crippen LogP contribution in [-0.4, -0.2) is 41.0 Å². The van der Waals surface area contributed by atoms with Gasteiger partial charge in [-0.2, -0.15) is 4.98 Å². The van der Waals surface area contributed by atoms with Crippen molar-refractivity contribution >= 4 is 11.5 Å². The fraction of sp³-hybridized carbons (Fsp3) is 0.545. The van der Waals surface area contributed by atoms with E-state index in [1.54, 1.807) is 0 Å². The van der Waals surface area contributed by atoms with Gasteiger partial charge < -0.3 is 10.2 Å². The number of nitro groups is 1. The van der Waals surface area contributed by atoms with Crippen LogP contribution in [0.5, 0.6) is 5.88 Å². The minimum Gasteiger partial charge on any atom is -0.476 e. The van der Waals surface area contributed by atoms with Crippen LogP contribution in [-0.2, 0) is 0 Å². The lowest BCUT2D eigenvalue weighted by molar-refractivity contribution is -0.384. The van der Waals surface area contributed by atoms with Crippen molar-refractivity contribution in [3.8, 4) is 5.88 Å². The molecule has 0 bridgehead atoms. The highest BCUT2D eigenvalue weighted by atomic mass is 16.6. The van der Waals surface area contributed by atoms with Crippen molar-refractivity contribution in [2.24, 2.45) is 5.84 Å². The summed E-state index contributed by atoms with van der Waals surface area (Å²) in [6, 6.07) is 2.55. The molecule has 0 amide bonds. The molecule has 3 N–H and O–H groups in total. The fourth-order valence-electron chi connectivity index (χ4n) is 2.03. The average Bonchev–Trinajstić information content (AvgIpc) is 2.91. The highest BCUT2D eigenvalue weighted by molar-refractivity contribution is 5.47. The molecular formula is C11H17N5O3. The van der Waals surface area contributed by atoms with E-state index in [-0.39, 0.29) is 17.4 Å². The molecular weight excluding hydrogens is 250 g/mol. The van der Waals surface area contributed by atoms with Crippen LogP contribution in [0.2, 0.25) is 0 Å². The van der Waals surface area contributed by atoms with Crippen molar-refractivity contribution in [3.05, 3.63) is 22.2 Å². The zero-order valence-electron chi connectivity index (χ0n) is 10.5. The highest BCUT2D eigenvalue weighted by Crippen LogP contribution is 2.21. The molecule has 1 aromatic rings. The van der Waals surface area contributed by atoms with Gasteiger partial charge in [0.2, 0.25) is 5.88 Å². The lowest BCUT2D eigenvalue weighted by Gasteiger charge is -2.14. The Balaban J connectivity index is 1.94. The molecule has 0 atom stereocenters. The van der Waals surface area contributed by atoms with Crippen LogP contribution in [0.25, 0.3) is 0 Å². The molecule has 0 spiro atoms. The molecule has 1 aliphatic rings. The molecule has 8 nitrogen and oxygen atoms in total. The van der Waals surface area contributed by atoms with Crippen molar-refractivity contribution < 1.29 is 9.66 Å². The Hall–Kier alpha value is -1.93. The van der Waals surface area contributed by atoms with Gasteiger partial charge in [-0.15, -0.1) is 0 Å². The summed E-state index contributed by atoms with van der Waals surface area (Å²) in [4.78, 5) is 16.6. The van der Waals surface area contributed by atoms with Gasteiger partial charge in [0.25, 0.3) is 5.69 Å². The van der Waals surface area contributed by atoms with E-state index >= 15 is 0 Å². The summed E-state index contributed by atoms with van der Waals surface area (Å²) >= 11 is 0. The molecule has 2 heterocycles. The number of rotatable bonds is 6. The first kappa shape index (κ1) is 13.5. The van der Waals surface area contributed by atoms with Crippen molar-refractivity contribution in [1.82, 2.24) is 9.88 Å². The van der Waals surface area contributed by atoms with Gasteiger partial charge in [-0.1, -0.05) is 0 Å². The van der Waals surface area contributed by atoms with E-state index in [0.29, 0.717) is 6.61 Å². The Kier molecular flexibility index (Phi) is 4.48. The molecule has 1 aromatic heterocycles. The molecule has 0 radical (unpaired) electrons. The molecule has 8 heteroatoms. The quantitative estimate of drug-likeness (QED) is 0.445. The summed E-state index contributed by atoms with van der Waals surface area (Å²) in [5.41, 5.74) is 2.19. The number of hydrogen-bond acceptors (Lipinski definition) is 7. The first-order valence-electron chi connectivity index (χ1n) is 6.17. The molecule has 1 aliphatic heterocycles. The van der Waals surface area contributed by atoms with Crippen LogP contribution in [0.1, 0.15) is 12.8 Å². The van der Waals surface area contributed by atoms with Crippen molar-refractivity contribution in [1.29, 1.82) is 0 Å².